The number of aliphatic hydroxyl groups is 1. The Morgan fingerprint density at radius 2 is 1.85 bits per heavy atom. The van der Waals surface area contributed by atoms with E-state index >= 15 is 0 Å². The van der Waals surface area contributed by atoms with Crippen LogP contribution in [0.4, 0.5) is 8.78 Å². The lowest BCUT2D eigenvalue weighted by Gasteiger charge is -2.20. The summed E-state index contributed by atoms with van der Waals surface area (Å²) in [4.78, 5) is 3.90. The van der Waals surface area contributed by atoms with Gasteiger partial charge in [-0.3, -0.25) is 4.98 Å². The number of alkyl halides is 2. The predicted octanol–water partition coefficient (Wildman–Crippen LogP) is 4.90. The van der Waals surface area contributed by atoms with Crippen LogP contribution in [0, 0.1) is 5.92 Å². The molecule has 1 aromatic heterocycles. The molecule has 1 atom stereocenters. The van der Waals surface area contributed by atoms with Crippen molar-refractivity contribution >= 4 is 23.2 Å². The van der Waals surface area contributed by atoms with Crippen LogP contribution in [0.25, 0.3) is 0 Å². The summed E-state index contributed by atoms with van der Waals surface area (Å²) in [6.07, 6.45) is 4.99. The van der Waals surface area contributed by atoms with Gasteiger partial charge < -0.3 is 14.6 Å². The molecule has 0 unspecified atom stereocenters. The molecule has 3 rings (SSSR count). The van der Waals surface area contributed by atoms with Crippen LogP contribution in [0.1, 0.15) is 29.9 Å². The van der Waals surface area contributed by atoms with E-state index in [0.717, 1.165) is 12.8 Å². The van der Waals surface area contributed by atoms with Gasteiger partial charge in [-0.05, 0) is 36.5 Å². The maximum absolute atomic E-state index is 12.6. The van der Waals surface area contributed by atoms with Gasteiger partial charge in [-0.2, -0.15) is 8.78 Å². The lowest BCUT2D eigenvalue weighted by Crippen LogP contribution is -2.10. The molecule has 1 aliphatic carbocycles. The third-order valence-electron chi connectivity index (χ3n) is 4.18. The highest BCUT2D eigenvalue weighted by molar-refractivity contribution is 6.35. The highest BCUT2D eigenvalue weighted by Gasteiger charge is 2.25. The summed E-state index contributed by atoms with van der Waals surface area (Å²) in [5, 5.41) is 10.5. The minimum atomic E-state index is -2.96. The van der Waals surface area contributed by atoms with E-state index < -0.39 is 12.5 Å². The summed E-state index contributed by atoms with van der Waals surface area (Å²) in [7, 11) is 0. The third kappa shape index (κ3) is 4.55. The highest BCUT2D eigenvalue weighted by atomic mass is 35.5. The van der Waals surface area contributed by atoms with Crippen molar-refractivity contribution < 1.29 is 23.4 Å². The number of aromatic nitrogens is 1. The summed E-state index contributed by atoms with van der Waals surface area (Å²) in [6.45, 7) is -2.80. The molecule has 26 heavy (non-hydrogen) atoms. The van der Waals surface area contributed by atoms with E-state index in [2.05, 4.69) is 9.72 Å². The summed E-state index contributed by atoms with van der Waals surface area (Å²) in [5.41, 5.74) is 1.14. The van der Waals surface area contributed by atoms with E-state index in [-0.39, 0.29) is 18.1 Å². The second-order valence-corrected chi connectivity index (χ2v) is 6.91. The van der Waals surface area contributed by atoms with E-state index in [4.69, 9.17) is 27.9 Å². The topological polar surface area (TPSA) is 51.6 Å². The lowest BCUT2D eigenvalue weighted by atomic mass is 9.92. The average Bonchev–Trinajstić information content (AvgIpc) is 3.41. The van der Waals surface area contributed by atoms with E-state index in [0.29, 0.717) is 33.7 Å². The van der Waals surface area contributed by atoms with Crippen LogP contribution in [-0.4, -0.2) is 29.9 Å². The molecular formula is C18H17Cl2F2NO3. The largest absolute Gasteiger partial charge is 0.489 e. The summed E-state index contributed by atoms with van der Waals surface area (Å²) >= 11 is 12.4. The molecule has 1 aliphatic rings. The van der Waals surface area contributed by atoms with Crippen LogP contribution in [0.2, 0.25) is 10.0 Å². The SMILES string of the molecule is OC[C@@H](c1ccc(OC(F)F)c(OCC2CC2)c1)c1c(Cl)cncc1Cl. The molecule has 2 aromatic rings. The smallest absolute Gasteiger partial charge is 0.387 e. The van der Waals surface area contributed by atoms with Crippen LogP contribution in [0.3, 0.4) is 0 Å². The van der Waals surface area contributed by atoms with E-state index in [1.54, 1.807) is 12.1 Å². The Bertz CT molecular complexity index is 752. The number of rotatable bonds is 8. The Morgan fingerprint density at radius 3 is 2.42 bits per heavy atom. The zero-order valence-electron chi connectivity index (χ0n) is 13.7. The Kier molecular flexibility index (Phi) is 6.16. The van der Waals surface area contributed by atoms with Crippen LogP contribution in [-0.2, 0) is 0 Å². The minimum absolute atomic E-state index is 0.0481. The summed E-state index contributed by atoms with van der Waals surface area (Å²) in [5.74, 6) is 0.0418. The first-order valence-electron chi connectivity index (χ1n) is 8.11. The van der Waals surface area contributed by atoms with Gasteiger partial charge in [-0.1, -0.05) is 29.3 Å². The van der Waals surface area contributed by atoms with Crippen molar-refractivity contribution in [2.45, 2.75) is 25.4 Å². The lowest BCUT2D eigenvalue weighted by molar-refractivity contribution is -0.0515. The zero-order chi connectivity index (χ0) is 18.7. The zero-order valence-corrected chi connectivity index (χ0v) is 15.2. The van der Waals surface area contributed by atoms with Gasteiger partial charge in [-0.25, -0.2) is 0 Å². The van der Waals surface area contributed by atoms with Gasteiger partial charge in [0.1, 0.15) is 0 Å². The molecule has 1 N–H and O–H groups in total. The molecule has 140 valence electrons. The fraction of sp³-hybridized carbons (Fsp3) is 0.389. The van der Waals surface area contributed by atoms with E-state index in [9.17, 15) is 13.9 Å². The quantitative estimate of drug-likeness (QED) is 0.680. The molecule has 0 aliphatic heterocycles. The molecule has 0 spiro atoms. The Balaban J connectivity index is 1.95. The molecule has 1 fully saturated rings. The van der Waals surface area contributed by atoms with Crippen LogP contribution in [0.5, 0.6) is 11.5 Å². The molecule has 1 heterocycles. The standard InChI is InChI=1S/C18H17Cl2F2NO3/c19-13-6-23-7-14(20)17(13)12(8-24)11-3-4-15(26-18(21)22)16(5-11)25-9-10-1-2-10/h3-7,10,12,18,24H,1-2,8-9H2/t12-/m0/s1. The molecule has 0 amide bonds. The van der Waals surface area contributed by atoms with Crippen molar-refractivity contribution in [1.82, 2.24) is 4.98 Å². The maximum Gasteiger partial charge on any atom is 0.387 e. The Morgan fingerprint density at radius 1 is 1.15 bits per heavy atom. The molecule has 0 bridgehead atoms. The fourth-order valence-corrected chi connectivity index (χ4v) is 3.29. The number of aliphatic hydroxyl groups excluding tert-OH is 1. The van der Waals surface area contributed by atoms with Crippen molar-refractivity contribution in [3.8, 4) is 11.5 Å². The average molecular weight is 404 g/mol. The monoisotopic (exact) mass is 403 g/mol. The molecular weight excluding hydrogens is 387 g/mol. The fourth-order valence-electron chi connectivity index (χ4n) is 2.66. The molecule has 4 nitrogen and oxygen atoms in total. The first-order chi connectivity index (χ1) is 12.5. The number of hydrogen-bond donors (Lipinski definition) is 1. The molecule has 0 saturated heterocycles. The van der Waals surface area contributed by atoms with Gasteiger partial charge in [0.15, 0.2) is 11.5 Å². The normalized spacial score (nSPS) is 15.2. The van der Waals surface area contributed by atoms with Gasteiger partial charge in [0.2, 0.25) is 0 Å². The van der Waals surface area contributed by atoms with Crippen molar-refractivity contribution in [2.24, 2.45) is 5.92 Å². The van der Waals surface area contributed by atoms with E-state index in [1.165, 1.54) is 18.5 Å². The second-order valence-electron chi connectivity index (χ2n) is 6.09. The van der Waals surface area contributed by atoms with Crippen LogP contribution < -0.4 is 9.47 Å². The first-order valence-corrected chi connectivity index (χ1v) is 8.86. The van der Waals surface area contributed by atoms with Gasteiger partial charge in [0.05, 0.1) is 23.3 Å². The number of halogens is 4. The number of ether oxygens (including phenoxy) is 2. The first kappa shape index (κ1) is 19.1. The van der Waals surface area contributed by atoms with Crippen LogP contribution >= 0.6 is 23.2 Å². The molecule has 1 saturated carbocycles. The number of pyridine rings is 1. The third-order valence-corrected chi connectivity index (χ3v) is 4.78. The van der Waals surface area contributed by atoms with Gasteiger partial charge in [0, 0.05) is 23.9 Å². The van der Waals surface area contributed by atoms with E-state index in [1.807, 2.05) is 0 Å². The highest BCUT2D eigenvalue weighted by Crippen LogP contribution is 2.39. The van der Waals surface area contributed by atoms with Crippen molar-refractivity contribution in [1.29, 1.82) is 0 Å². The van der Waals surface area contributed by atoms with Crippen molar-refractivity contribution in [2.75, 3.05) is 13.2 Å². The number of benzene rings is 1. The summed E-state index contributed by atoms with van der Waals surface area (Å²) < 4.78 is 35.5. The van der Waals surface area contributed by atoms with Gasteiger partial charge in [-0.15, -0.1) is 0 Å². The Hall–Kier alpha value is -1.63. The number of nitrogens with zero attached hydrogens (tertiary/aromatic N) is 1. The van der Waals surface area contributed by atoms with Crippen molar-refractivity contribution in [3.05, 3.63) is 51.8 Å². The molecule has 8 heteroatoms. The van der Waals surface area contributed by atoms with Crippen LogP contribution in [0.15, 0.2) is 30.6 Å². The molecule has 0 radical (unpaired) electrons. The molecule has 1 aromatic carbocycles. The summed E-state index contributed by atoms with van der Waals surface area (Å²) in [6, 6.07) is 4.55. The second kappa shape index (κ2) is 8.37. The van der Waals surface area contributed by atoms with Gasteiger partial charge >= 0.3 is 6.61 Å². The Labute approximate surface area is 159 Å². The van der Waals surface area contributed by atoms with Crippen molar-refractivity contribution in [3.63, 3.8) is 0 Å². The minimum Gasteiger partial charge on any atom is -0.489 e. The predicted molar refractivity (Wildman–Crippen MR) is 94.5 cm³/mol. The van der Waals surface area contributed by atoms with Gasteiger partial charge in [0.25, 0.3) is 0 Å². The number of hydrogen-bond acceptors (Lipinski definition) is 4. The maximum atomic E-state index is 12.6.